The fourth-order valence-electron chi connectivity index (χ4n) is 6.07. The molecule has 254 valence electrons. The molecule has 0 amide bonds. The van der Waals surface area contributed by atoms with Crippen LogP contribution in [0.4, 0.5) is 30.7 Å². The number of nitrogens with one attached hydrogen (secondary N) is 1. The van der Waals surface area contributed by atoms with Gasteiger partial charge in [-0.25, -0.2) is 17.6 Å². The van der Waals surface area contributed by atoms with E-state index in [-0.39, 0.29) is 63.7 Å². The third-order valence-corrected chi connectivity index (χ3v) is 9.48. The zero-order valence-electron chi connectivity index (χ0n) is 25.6. The summed E-state index contributed by atoms with van der Waals surface area (Å²) in [7, 11) is 1.22. The van der Waals surface area contributed by atoms with Gasteiger partial charge >= 0.3 is 12.1 Å². The number of carboxylic acids is 1. The lowest BCUT2D eigenvalue weighted by molar-refractivity contribution is -0.138. The minimum atomic E-state index is -4.91. The highest BCUT2D eigenvalue weighted by atomic mass is 32.2. The Kier molecular flexibility index (Phi) is 10.2. The molecule has 0 radical (unpaired) electrons. The third-order valence-electron chi connectivity index (χ3n) is 8.25. The number of carboxylic acid groups (broad SMARTS) is 1. The van der Waals surface area contributed by atoms with E-state index in [0.29, 0.717) is 6.07 Å². The number of fused-ring (bicyclic) bond motifs is 1. The van der Waals surface area contributed by atoms with Crippen molar-refractivity contribution in [3.63, 3.8) is 0 Å². The van der Waals surface area contributed by atoms with Gasteiger partial charge in [0.1, 0.15) is 17.5 Å². The molecular weight excluding hydrogens is 665 g/mol. The summed E-state index contributed by atoms with van der Waals surface area (Å²) in [6.07, 6.45) is -5.63. The Bertz CT molecular complexity index is 1910. The molecule has 5 rings (SSSR count). The molecule has 1 aliphatic rings. The van der Waals surface area contributed by atoms with Gasteiger partial charge in [-0.2, -0.15) is 13.2 Å². The summed E-state index contributed by atoms with van der Waals surface area (Å²) >= 11 is 1.08. The highest BCUT2D eigenvalue weighted by Gasteiger charge is 2.39. The molecule has 0 saturated carbocycles. The Morgan fingerprint density at radius 1 is 1.06 bits per heavy atom. The maximum Gasteiger partial charge on any atom is 0.416 e. The zero-order chi connectivity index (χ0) is 34.9. The van der Waals surface area contributed by atoms with Crippen LogP contribution in [0.3, 0.4) is 0 Å². The van der Waals surface area contributed by atoms with Crippen LogP contribution < -0.4 is 15.6 Å². The molecule has 2 atom stereocenters. The summed E-state index contributed by atoms with van der Waals surface area (Å²) in [4.78, 5) is 25.6. The van der Waals surface area contributed by atoms with Gasteiger partial charge in [-0.15, -0.1) is 11.8 Å². The first-order valence-electron chi connectivity index (χ1n) is 14.7. The van der Waals surface area contributed by atoms with Crippen LogP contribution in [-0.2, 0) is 17.4 Å². The van der Waals surface area contributed by atoms with E-state index >= 15 is 8.78 Å². The minimum Gasteiger partial charge on any atom is -0.494 e. The molecule has 0 aliphatic carbocycles. The number of hydrogen-bond donors (Lipinski definition) is 2. The SMILES string of the molecule is COc1cccc(-c2c(C)c(Cc3c(F)cccc3C(F)(F)F)c3n(c2=O)C(C(NCCCC(=O)O)c2cc(F)cc(F)c2)CS3)c1F. The number of ether oxygens (including phenoxy) is 1. The number of aromatic nitrogens is 1. The molecule has 14 heteroatoms. The van der Waals surface area contributed by atoms with Crippen molar-refractivity contribution < 1.29 is 45.4 Å². The van der Waals surface area contributed by atoms with Crippen molar-refractivity contribution in [1.29, 1.82) is 0 Å². The Labute approximate surface area is 274 Å². The number of benzene rings is 3. The Morgan fingerprint density at radius 2 is 1.75 bits per heavy atom. The van der Waals surface area contributed by atoms with Gasteiger partial charge in [-0.05, 0) is 66.9 Å². The number of halogens is 7. The lowest BCUT2D eigenvalue weighted by Gasteiger charge is -2.28. The second kappa shape index (κ2) is 14.0. The summed E-state index contributed by atoms with van der Waals surface area (Å²) < 4.78 is 108. The normalized spacial score (nSPS) is 15.0. The molecule has 4 aromatic rings. The van der Waals surface area contributed by atoms with Gasteiger partial charge in [0, 0.05) is 35.8 Å². The van der Waals surface area contributed by atoms with Crippen LogP contribution >= 0.6 is 11.8 Å². The number of rotatable bonds is 11. The van der Waals surface area contributed by atoms with Crippen LogP contribution in [0.5, 0.6) is 5.75 Å². The van der Waals surface area contributed by atoms with Gasteiger partial charge in [0.05, 0.1) is 35.3 Å². The third kappa shape index (κ3) is 6.95. The van der Waals surface area contributed by atoms with Crippen molar-refractivity contribution in [2.24, 2.45) is 0 Å². The van der Waals surface area contributed by atoms with Crippen LogP contribution in [0.25, 0.3) is 11.1 Å². The van der Waals surface area contributed by atoms with Crippen molar-refractivity contribution in [3.05, 3.63) is 116 Å². The number of carbonyl (C=O) groups is 1. The van der Waals surface area contributed by atoms with Gasteiger partial charge in [0.25, 0.3) is 5.56 Å². The monoisotopic (exact) mass is 694 g/mol. The summed E-state index contributed by atoms with van der Waals surface area (Å²) in [5.41, 5.74) is -2.73. The van der Waals surface area contributed by atoms with Crippen LogP contribution in [0, 0.1) is 30.2 Å². The maximum absolute atomic E-state index is 15.8. The van der Waals surface area contributed by atoms with Gasteiger partial charge < -0.3 is 15.2 Å². The number of nitrogens with zero attached hydrogens (tertiary/aromatic N) is 1. The van der Waals surface area contributed by atoms with Gasteiger partial charge in [-0.1, -0.05) is 18.2 Å². The lowest BCUT2D eigenvalue weighted by Crippen LogP contribution is -2.36. The van der Waals surface area contributed by atoms with Crippen LogP contribution in [0.1, 0.15) is 52.7 Å². The molecular formula is C34H29F7N2O4S. The van der Waals surface area contributed by atoms with Gasteiger partial charge in [0.2, 0.25) is 0 Å². The maximum atomic E-state index is 15.8. The molecule has 1 aliphatic heterocycles. The van der Waals surface area contributed by atoms with E-state index in [1.54, 1.807) is 0 Å². The van der Waals surface area contributed by atoms with Crippen molar-refractivity contribution >= 4 is 17.7 Å². The fraction of sp³-hybridized carbons (Fsp3) is 0.294. The number of pyridine rings is 1. The largest absolute Gasteiger partial charge is 0.494 e. The molecule has 0 spiro atoms. The van der Waals surface area contributed by atoms with Crippen LogP contribution in [-0.4, -0.2) is 35.1 Å². The first-order valence-corrected chi connectivity index (χ1v) is 15.7. The van der Waals surface area contributed by atoms with Crippen molar-refractivity contribution in [1.82, 2.24) is 9.88 Å². The minimum absolute atomic E-state index is 0.0562. The summed E-state index contributed by atoms with van der Waals surface area (Å²) in [5.74, 6) is -5.07. The van der Waals surface area contributed by atoms with Crippen LogP contribution in [0.2, 0.25) is 0 Å². The molecule has 2 heterocycles. The second-order valence-electron chi connectivity index (χ2n) is 11.2. The van der Waals surface area contributed by atoms with Gasteiger partial charge in [-0.3, -0.25) is 14.2 Å². The number of hydrogen-bond acceptors (Lipinski definition) is 5. The fourth-order valence-corrected chi connectivity index (χ4v) is 7.49. The highest BCUT2D eigenvalue weighted by Crippen LogP contribution is 2.45. The average molecular weight is 695 g/mol. The van der Waals surface area contributed by atoms with E-state index in [0.717, 1.165) is 42.1 Å². The topological polar surface area (TPSA) is 80.6 Å². The molecule has 1 aromatic heterocycles. The van der Waals surface area contributed by atoms with E-state index in [9.17, 15) is 31.5 Å². The van der Waals surface area contributed by atoms with E-state index < -0.39 is 70.6 Å². The Balaban J connectivity index is 1.77. The molecule has 0 saturated heterocycles. The van der Waals surface area contributed by atoms with E-state index in [1.807, 2.05) is 0 Å². The summed E-state index contributed by atoms with van der Waals surface area (Å²) in [5, 5.41) is 12.4. The molecule has 6 nitrogen and oxygen atoms in total. The number of aliphatic carboxylic acids is 1. The summed E-state index contributed by atoms with van der Waals surface area (Å²) in [6, 6.07) is 7.46. The molecule has 0 bridgehead atoms. The van der Waals surface area contributed by atoms with Crippen molar-refractivity contribution in [3.8, 4) is 16.9 Å². The smallest absolute Gasteiger partial charge is 0.416 e. The van der Waals surface area contributed by atoms with E-state index in [4.69, 9.17) is 9.84 Å². The van der Waals surface area contributed by atoms with Crippen molar-refractivity contribution in [2.75, 3.05) is 19.4 Å². The van der Waals surface area contributed by atoms with Crippen molar-refractivity contribution in [2.45, 2.75) is 49.5 Å². The number of alkyl halides is 3. The summed E-state index contributed by atoms with van der Waals surface area (Å²) in [6.45, 7) is 1.50. The predicted octanol–water partition coefficient (Wildman–Crippen LogP) is 7.84. The average Bonchev–Trinajstić information content (AvgIpc) is 3.44. The van der Waals surface area contributed by atoms with E-state index in [1.165, 1.54) is 36.8 Å². The number of thioether (sulfide) groups is 1. The Morgan fingerprint density at radius 3 is 2.40 bits per heavy atom. The predicted molar refractivity (Wildman–Crippen MR) is 165 cm³/mol. The quantitative estimate of drug-likeness (QED) is 0.123. The first-order chi connectivity index (χ1) is 22.7. The van der Waals surface area contributed by atoms with Gasteiger partial charge in [0.15, 0.2) is 11.6 Å². The molecule has 3 aromatic carbocycles. The molecule has 48 heavy (non-hydrogen) atoms. The molecule has 2 N–H and O–H groups in total. The highest BCUT2D eigenvalue weighted by molar-refractivity contribution is 7.99. The van der Waals surface area contributed by atoms with E-state index in [2.05, 4.69) is 5.32 Å². The molecule has 0 fully saturated rings. The van der Waals surface area contributed by atoms with Crippen LogP contribution in [0.15, 0.2) is 64.4 Å². The first kappa shape index (κ1) is 35.0. The second-order valence-corrected chi connectivity index (χ2v) is 12.2. The standard InChI is InChI=1S/C34H29F7N2O4S/c1-17-22(15-23-24(34(39,40)41)7-4-8-25(23)37)33-43(32(46)29(17)21-6-3-9-27(47-2)30(21)38)26(16-48-33)31(42-11-5-10-28(44)45)18-12-19(35)14-20(36)13-18/h3-4,6-9,12-14,26,31,42H,5,10-11,15-16H2,1-2H3,(H,44,45). The zero-order valence-corrected chi connectivity index (χ0v) is 26.4. The lowest BCUT2D eigenvalue weighted by atomic mass is 9.91. The molecule has 2 unspecified atom stereocenters. The number of methoxy groups -OCH3 is 1. The Hall–Kier alpha value is -4.30.